The molecule has 0 bridgehead atoms. The van der Waals surface area contributed by atoms with Gasteiger partial charge in [0.25, 0.3) is 0 Å². The maximum atomic E-state index is 13.2. The number of rotatable bonds is 11. The van der Waals surface area contributed by atoms with E-state index in [9.17, 15) is 9.59 Å². The van der Waals surface area contributed by atoms with Gasteiger partial charge >= 0.3 is 0 Å². The number of hydrogen-bond acceptors (Lipinski definition) is 4. The molecule has 0 fully saturated rings. The number of carbonyl (C=O) groups is 2. The molecular formula is C26H37N3O3. The molecule has 0 radical (unpaired) electrons. The molecular weight excluding hydrogens is 402 g/mol. The Bertz CT molecular complexity index is 889. The molecule has 2 rings (SSSR count). The van der Waals surface area contributed by atoms with Crippen LogP contribution in [0.2, 0.25) is 0 Å². The van der Waals surface area contributed by atoms with Gasteiger partial charge in [-0.1, -0.05) is 30.3 Å². The molecule has 2 atom stereocenters. The minimum absolute atomic E-state index is 0.0863. The third-order valence-corrected chi connectivity index (χ3v) is 5.65. The molecule has 4 N–H and O–H groups in total. The number of amides is 2. The monoisotopic (exact) mass is 439 g/mol. The summed E-state index contributed by atoms with van der Waals surface area (Å²) >= 11 is 0. The highest BCUT2D eigenvalue weighted by Crippen LogP contribution is 2.24. The fourth-order valence-electron chi connectivity index (χ4n) is 3.88. The van der Waals surface area contributed by atoms with Crippen molar-refractivity contribution >= 4 is 11.8 Å². The number of aryl methyl sites for hydroxylation is 3. The van der Waals surface area contributed by atoms with Crippen molar-refractivity contribution in [3.05, 3.63) is 64.7 Å². The van der Waals surface area contributed by atoms with Crippen molar-refractivity contribution in [3.63, 3.8) is 0 Å². The lowest BCUT2D eigenvalue weighted by Crippen LogP contribution is -2.53. The molecule has 0 saturated heterocycles. The first-order valence-corrected chi connectivity index (χ1v) is 11.3. The molecule has 0 aliphatic carbocycles. The number of primary amides is 1. The molecule has 0 spiro atoms. The summed E-state index contributed by atoms with van der Waals surface area (Å²) < 4.78 is 5.80. The molecule has 0 aliphatic rings. The molecule has 0 saturated carbocycles. The third kappa shape index (κ3) is 7.09. The van der Waals surface area contributed by atoms with Crippen LogP contribution in [0.3, 0.4) is 0 Å². The van der Waals surface area contributed by atoms with Crippen LogP contribution < -0.4 is 16.2 Å². The van der Waals surface area contributed by atoms with E-state index in [1.54, 1.807) is 6.92 Å². The predicted octanol–water partition coefficient (Wildman–Crippen LogP) is 3.30. The Morgan fingerprint density at radius 3 is 2.16 bits per heavy atom. The number of hydrogen-bond donors (Lipinski definition) is 2. The van der Waals surface area contributed by atoms with E-state index in [1.807, 2.05) is 70.2 Å². The minimum atomic E-state index is -0.761. The molecule has 2 aromatic carbocycles. The van der Waals surface area contributed by atoms with Crippen molar-refractivity contribution in [3.8, 4) is 5.75 Å². The Morgan fingerprint density at radius 1 is 1.03 bits per heavy atom. The summed E-state index contributed by atoms with van der Waals surface area (Å²) in [5.41, 5.74) is 16.2. The standard InChI is InChI=1S/C26H37N3O3/c1-17(2)32-22-14-18(3)23(19(4)15-22)16-24(27)26(31)29(20(5)25(28)30)13-9-12-21-10-7-6-8-11-21/h6-8,10-11,14-15,17,20,24H,9,12-13,16,27H2,1-5H3,(H2,28,30)/t20-,24+/m1/s1. The second kappa shape index (κ2) is 11.7. The summed E-state index contributed by atoms with van der Waals surface area (Å²) in [6.07, 6.45) is 2.00. The summed E-state index contributed by atoms with van der Waals surface area (Å²) in [4.78, 5) is 26.6. The lowest BCUT2D eigenvalue weighted by molar-refractivity contribution is -0.139. The highest BCUT2D eigenvalue weighted by Gasteiger charge is 2.28. The Balaban J connectivity index is 2.12. The number of ether oxygens (including phenoxy) is 1. The second-order valence-electron chi connectivity index (χ2n) is 8.71. The van der Waals surface area contributed by atoms with Gasteiger partial charge in [0.2, 0.25) is 11.8 Å². The molecule has 2 amide bonds. The number of nitrogens with zero attached hydrogens (tertiary/aromatic N) is 1. The fourth-order valence-corrected chi connectivity index (χ4v) is 3.88. The maximum absolute atomic E-state index is 13.2. The van der Waals surface area contributed by atoms with Gasteiger partial charge in [0.05, 0.1) is 12.1 Å². The topological polar surface area (TPSA) is 98.7 Å². The largest absolute Gasteiger partial charge is 0.491 e. The first-order valence-electron chi connectivity index (χ1n) is 11.3. The highest BCUT2D eigenvalue weighted by atomic mass is 16.5. The van der Waals surface area contributed by atoms with Crippen LogP contribution in [0.1, 0.15) is 49.4 Å². The smallest absolute Gasteiger partial charge is 0.240 e. The molecule has 6 heteroatoms. The maximum Gasteiger partial charge on any atom is 0.240 e. The molecule has 2 aromatic rings. The molecule has 32 heavy (non-hydrogen) atoms. The van der Waals surface area contributed by atoms with Crippen LogP contribution in [0.25, 0.3) is 0 Å². The normalized spacial score (nSPS) is 13.0. The van der Waals surface area contributed by atoms with Gasteiger partial charge in [-0.05, 0) is 88.3 Å². The summed E-state index contributed by atoms with van der Waals surface area (Å²) in [6.45, 7) is 10.0. The Kier molecular flexibility index (Phi) is 9.27. The first kappa shape index (κ1) is 25.4. The van der Waals surface area contributed by atoms with Gasteiger partial charge in [-0.3, -0.25) is 9.59 Å². The zero-order chi connectivity index (χ0) is 23.8. The lowest BCUT2D eigenvalue weighted by atomic mass is 9.95. The second-order valence-corrected chi connectivity index (χ2v) is 8.71. The lowest BCUT2D eigenvalue weighted by Gasteiger charge is -2.30. The van der Waals surface area contributed by atoms with E-state index in [4.69, 9.17) is 16.2 Å². The Morgan fingerprint density at radius 2 is 1.62 bits per heavy atom. The minimum Gasteiger partial charge on any atom is -0.491 e. The van der Waals surface area contributed by atoms with E-state index in [1.165, 1.54) is 10.5 Å². The van der Waals surface area contributed by atoms with Crippen molar-refractivity contribution in [2.75, 3.05) is 6.54 Å². The van der Waals surface area contributed by atoms with E-state index in [0.29, 0.717) is 13.0 Å². The summed E-state index contributed by atoms with van der Waals surface area (Å²) in [5.74, 6) is 0.0158. The zero-order valence-corrected chi connectivity index (χ0v) is 19.9. The number of carbonyl (C=O) groups excluding carboxylic acids is 2. The van der Waals surface area contributed by atoms with Crippen LogP contribution in [0.15, 0.2) is 42.5 Å². The predicted molar refractivity (Wildman–Crippen MR) is 128 cm³/mol. The summed E-state index contributed by atoms with van der Waals surface area (Å²) in [7, 11) is 0. The zero-order valence-electron chi connectivity index (χ0n) is 19.9. The Hall–Kier alpha value is -2.86. The first-order chi connectivity index (χ1) is 15.1. The van der Waals surface area contributed by atoms with Gasteiger partial charge in [0, 0.05) is 6.54 Å². The van der Waals surface area contributed by atoms with E-state index in [0.717, 1.165) is 35.3 Å². The molecule has 0 aliphatic heterocycles. The average molecular weight is 440 g/mol. The van der Waals surface area contributed by atoms with Crippen LogP contribution in [-0.2, 0) is 22.4 Å². The van der Waals surface area contributed by atoms with Crippen molar-refractivity contribution in [1.29, 1.82) is 0 Å². The van der Waals surface area contributed by atoms with Gasteiger partial charge in [-0.25, -0.2) is 0 Å². The van der Waals surface area contributed by atoms with Crippen molar-refractivity contribution < 1.29 is 14.3 Å². The van der Waals surface area contributed by atoms with Gasteiger partial charge in [0.15, 0.2) is 0 Å². The highest BCUT2D eigenvalue weighted by molar-refractivity contribution is 5.89. The number of benzene rings is 2. The van der Waals surface area contributed by atoms with Crippen molar-refractivity contribution in [2.45, 2.75) is 72.1 Å². The van der Waals surface area contributed by atoms with Crippen LogP contribution in [0, 0.1) is 13.8 Å². The molecule has 6 nitrogen and oxygen atoms in total. The Labute approximate surface area is 191 Å². The van der Waals surface area contributed by atoms with Crippen LogP contribution in [0.5, 0.6) is 5.75 Å². The van der Waals surface area contributed by atoms with Crippen LogP contribution in [0.4, 0.5) is 0 Å². The number of nitrogens with two attached hydrogens (primary N) is 2. The summed E-state index contributed by atoms with van der Waals surface area (Å²) in [6, 6.07) is 12.5. The molecule has 0 heterocycles. The quantitative estimate of drug-likeness (QED) is 0.561. The van der Waals surface area contributed by atoms with Crippen molar-refractivity contribution in [1.82, 2.24) is 4.90 Å². The fraction of sp³-hybridized carbons (Fsp3) is 0.462. The van der Waals surface area contributed by atoms with Crippen LogP contribution >= 0.6 is 0 Å². The van der Waals surface area contributed by atoms with Crippen molar-refractivity contribution in [2.24, 2.45) is 11.5 Å². The van der Waals surface area contributed by atoms with Gasteiger partial charge in [0.1, 0.15) is 11.8 Å². The average Bonchev–Trinajstić information content (AvgIpc) is 2.73. The van der Waals surface area contributed by atoms with Gasteiger partial charge in [-0.15, -0.1) is 0 Å². The van der Waals surface area contributed by atoms with Gasteiger partial charge < -0.3 is 21.1 Å². The third-order valence-electron chi connectivity index (χ3n) is 5.65. The van der Waals surface area contributed by atoms with E-state index >= 15 is 0 Å². The summed E-state index contributed by atoms with van der Waals surface area (Å²) in [5, 5.41) is 0. The molecule has 174 valence electrons. The molecule has 0 unspecified atom stereocenters. The van der Waals surface area contributed by atoms with E-state index in [2.05, 4.69) is 0 Å². The SMILES string of the molecule is Cc1cc(OC(C)C)cc(C)c1C[C@H](N)C(=O)N(CCCc1ccccc1)[C@H](C)C(N)=O. The van der Waals surface area contributed by atoms with E-state index < -0.39 is 18.0 Å². The van der Waals surface area contributed by atoms with Crippen LogP contribution in [-0.4, -0.2) is 41.4 Å². The molecule has 0 aromatic heterocycles. The van der Waals surface area contributed by atoms with E-state index in [-0.39, 0.29) is 12.0 Å². The van der Waals surface area contributed by atoms with Gasteiger partial charge in [-0.2, -0.15) is 0 Å².